The third-order valence-electron chi connectivity index (χ3n) is 5.71. The van der Waals surface area contributed by atoms with E-state index in [0.29, 0.717) is 11.5 Å². The number of hydrogen-bond acceptors (Lipinski definition) is 3. The molecule has 0 radical (unpaired) electrons. The number of hydrogen-bond donors (Lipinski definition) is 0. The maximum Gasteiger partial charge on any atom is 0.128 e. The molecule has 1 heterocycles. The quantitative estimate of drug-likeness (QED) is 0.716. The average Bonchev–Trinajstić information content (AvgIpc) is 2.60. The van der Waals surface area contributed by atoms with Gasteiger partial charge in [0.05, 0.1) is 11.6 Å². The molecule has 1 aromatic carbocycles. The van der Waals surface area contributed by atoms with Crippen molar-refractivity contribution in [3.63, 3.8) is 0 Å². The first-order valence-electron chi connectivity index (χ1n) is 9.65. The molecule has 1 aromatic heterocycles. The zero-order valence-corrected chi connectivity index (χ0v) is 16.4. The van der Waals surface area contributed by atoms with Crippen molar-refractivity contribution >= 4 is 16.7 Å². The summed E-state index contributed by atoms with van der Waals surface area (Å²) in [6.45, 7) is 10.2. The minimum atomic E-state index is 0.356. The van der Waals surface area contributed by atoms with Gasteiger partial charge >= 0.3 is 0 Å². The highest BCUT2D eigenvalue weighted by Crippen LogP contribution is 2.38. The van der Waals surface area contributed by atoms with E-state index in [1.807, 2.05) is 0 Å². The van der Waals surface area contributed by atoms with E-state index in [1.54, 1.807) is 0 Å². The van der Waals surface area contributed by atoms with Gasteiger partial charge in [-0.3, -0.25) is 0 Å². The van der Waals surface area contributed by atoms with Crippen LogP contribution in [0.25, 0.3) is 10.9 Å². The van der Waals surface area contributed by atoms with Crippen molar-refractivity contribution in [2.24, 2.45) is 11.3 Å². The second-order valence-electron chi connectivity index (χ2n) is 8.50. The molecule has 2 aromatic rings. The highest BCUT2D eigenvalue weighted by molar-refractivity contribution is 5.81. The van der Waals surface area contributed by atoms with Crippen LogP contribution in [0.1, 0.15) is 53.4 Å². The number of aromatic nitrogens is 1. The number of rotatable bonds is 4. The van der Waals surface area contributed by atoms with Crippen LogP contribution in [-0.4, -0.2) is 24.7 Å². The molecular weight excluding hydrogens is 308 g/mol. The van der Waals surface area contributed by atoms with Crippen molar-refractivity contribution in [3.8, 4) is 5.75 Å². The van der Waals surface area contributed by atoms with Crippen molar-refractivity contribution in [2.75, 3.05) is 18.5 Å². The monoisotopic (exact) mass is 340 g/mol. The van der Waals surface area contributed by atoms with Gasteiger partial charge in [-0.25, -0.2) is 4.98 Å². The Morgan fingerprint density at radius 3 is 2.44 bits per heavy atom. The number of nitrogens with zero attached hydrogens (tertiary/aromatic N) is 2. The number of ether oxygens (including phenoxy) is 1. The molecule has 1 fully saturated rings. The van der Waals surface area contributed by atoms with Gasteiger partial charge in [0.1, 0.15) is 11.6 Å². The van der Waals surface area contributed by atoms with Gasteiger partial charge < -0.3 is 9.64 Å². The molecule has 3 heteroatoms. The number of benzene rings is 1. The third kappa shape index (κ3) is 4.26. The van der Waals surface area contributed by atoms with Crippen LogP contribution in [0, 0.1) is 11.3 Å². The van der Waals surface area contributed by atoms with Crippen LogP contribution in [0.3, 0.4) is 0 Å². The Kier molecular flexibility index (Phi) is 5.21. The summed E-state index contributed by atoms with van der Waals surface area (Å²) in [5, 5.41) is 1.15. The summed E-state index contributed by atoms with van der Waals surface area (Å²) in [6.07, 6.45) is 5.23. The van der Waals surface area contributed by atoms with Gasteiger partial charge in [0.2, 0.25) is 0 Å². The molecule has 3 rings (SSSR count). The van der Waals surface area contributed by atoms with E-state index in [2.05, 4.69) is 70.0 Å². The second-order valence-corrected chi connectivity index (χ2v) is 8.50. The third-order valence-corrected chi connectivity index (χ3v) is 5.71. The van der Waals surface area contributed by atoms with Gasteiger partial charge in [-0.05, 0) is 74.3 Å². The number of pyridine rings is 1. The van der Waals surface area contributed by atoms with Crippen molar-refractivity contribution in [1.29, 1.82) is 0 Å². The first-order chi connectivity index (χ1) is 11.9. The second kappa shape index (κ2) is 7.23. The maximum atomic E-state index is 6.29. The van der Waals surface area contributed by atoms with E-state index in [-0.39, 0.29) is 0 Å². The first kappa shape index (κ1) is 18.0. The lowest BCUT2D eigenvalue weighted by Gasteiger charge is -2.36. The SMILES string of the molecule is CCN(C)c1ccc2cc(OC3CCC(C(C)(C)C)CC3)ccc2n1. The van der Waals surface area contributed by atoms with E-state index < -0.39 is 0 Å². The van der Waals surface area contributed by atoms with Crippen molar-refractivity contribution in [1.82, 2.24) is 4.98 Å². The summed E-state index contributed by atoms with van der Waals surface area (Å²) in [5.41, 5.74) is 1.45. The molecular formula is C22H32N2O. The Labute approximate surface area is 152 Å². The molecule has 3 nitrogen and oxygen atoms in total. The Morgan fingerprint density at radius 1 is 1.08 bits per heavy atom. The molecule has 0 unspecified atom stereocenters. The largest absolute Gasteiger partial charge is 0.490 e. The fraction of sp³-hybridized carbons (Fsp3) is 0.591. The Morgan fingerprint density at radius 2 is 1.80 bits per heavy atom. The predicted molar refractivity (Wildman–Crippen MR) is 107 cm³/mol. The van der Waals surface area contributed by atoms with E-state index in [9.17, 15) is 0 Å². The van der Waals surface area contributed by atoms with Gasteiger partial charge in [0.25, 0.3) is 0 Å². The molecule has 1 aliphatic rings. The van der Waals surface area contributed by atoms with Gasteiger partial charge in [-0.15, -0.1) is 0 Å². The molecule has 0 bridgehead atoms. The molecule has 25 heavy (non-hydrogen) atoms. The highest BCUT2D eigenvalue weighted by Gasteiger charge is 2.30. The molecule has 1 aliphatic carbocycles. The molecule has 1 saturated carbocycles. The Balaban J connectivity index is 1.67. The van der Waals surface area contributed by atoms with Crippen LogP contribution in [0.4, 0.5) is 5.82 Å². The molecule has 0 N–H and O–H groups in total. The summed E-state index contributed by atoms with van der Waals surface area (Å²) < 4.78 is 6.29. The Hall–Kier alpha value is -1.77. The summed E-state index contributed by atoms with van der Waals surface area (Å²) in [4.78, 5) is 6.89. The van der Waals surface area contributed by atoms with E-state index >= 15 is 0 Å². The zero-order valence-electron chi connectivity index (χ0n) is 16.4. The van der Waals surface area contributed by atoms with Crippen LogP contribution in [0.2, 0.25) is 0 Å². The van der Waals surface area contributed by atoms with Crippen LogP contribution in [0.5, 0.6) is 5.75 Å². The number of anilines is 1. The zero-order chi connectivity index (χ0) is 18.0. The van der Waals surface area contributed by atoms with Crippen LogP contribution >= 0.6 is 0 Å². The summed E-state index contributed by atoms with van der Waals surface area (Å²) in [7, 11) is 2.07. The molecule has 0 spiro atoms. The predicted octanol–water partition coefficient (Wildman–Crippen LogP) is 5.67. The Bertz CT molecular complexity index is 712. The van der Waals surface area contributed by atoms with E-state index in [4.69, 9.17) is 9.72 Å². The van der Waals surface area contributed by atoms with Gasteiger partial charge in [0.15, 0.2) is 0 Å². The van der Waals surface area contributed by atoms with E-state index in [0.717, 1.165) is 34.9 Å². The molecule has 0 aliphatic heterocycles. The van der Waals surface area contributed by atoms with Gasteiger partial charge in [-0.1, -0.05) is 20.8 Å². The topological polar surface area (TPSA) is 25.4 Å². The summed E-state index contributed by atoms with van der Waals surface area (Å²) in [5.74, 6) is 2.82. The van der Waals surface area contributed by atoms with Gasteiger partial charge in [-0.2, -0.15) is 0 Å². The summed E-state index contributed by atoms with van der Waals surface area (Å²) in [6, 6.07) is 10.5. The molecule has 136 valence electrons. The smallest absolute Gasteiger partial charge is 0.128 e. The first-order valence-corrected chi connectivity index (χ1v) is 9.65. The lowest BCUT2D eigenvalue weighted by atomic mass is 9.72. The molecule has 0 amide bonds. The van der Waals surface area contributed by atoms with Gasteiger partial charge in [0, 0.05) is 19.0 Å². The van der Waals surface area contributed by atoms with E-state index in [1.165, 1.54) is 25.7 Å². The lowest BCUT2D eigenvalue weighted by molar-refractivity contribution is 0.0883. The minimum absolute atomic E-state index is 0.356. The van der Waals surface area contributed by atoms with Crippen LogP contribution in [-0.2, 0) is 0 Å². The number of fused-ring (bicyclic) bond motifs is 1. The summed E-state index contributed by atoms with van der Waals surface area (Å²) >= 11 is 0. The van der Waals surface area contributed by atoms with Crippen molar-refractivity contribution < 1.29 is 4.74 Å². The fourth-order valence-corrected chi connectivity index (χ4v) is 3.78. The van der Waals surface area contributed by atoms with Crippen LogP contribution < -0.4 is 9.64 Å². The molecule has 0 saturated heterocycles. The van der Waals surface area contributed by atoms with Crippen molar-refractivity contribution in [3.05, 3.63) is 30.3 Å². The van der Waals surface area contributed by atoms with Crippen LogP contribution in [0.15, 0.2) is 30.3 Å². The lowest BCUT2D eigenvalue weighted by Crippen LogP contribution is -2.30. The van der Waals surface area contributed by atoms with Crippen molar-refractivity contribution in [2.45, 2.75) is 59.5 Å². The maximum absolute atomic E-state index is 6.29. The average molecular weight is 341 g/mol. The fourth-order valence-electron chi connectivity index (χ4n) is 3.78. The normalized spacial score (nSPS) is 21.3. The standard InChI is InChI=1S/C22H32N2O/c1-6-24(5)21-14-7-16-15-19(12-13-20(16)23-21)25-18-10-8-17(9-11-18)22(2,3)4/h7,12-15,17-18H,6,8-11H2,1-5H3. The minimum Gasteiger partial charge on any atom is -0.490 e. The highest BCUT2D eigenvalue weighted by atomic mass is 16.5. The molecule has 0 atom stereocenters.